The number of carbonyl (C=O) groups excluding carboxylic acids is 1. The lowest BCUT2D eigenvalue weighted by Gasteiger charge is -2.23. The van der Waals surface area contributed by atoms with Gasteiger partial charge in [-0.3, -0.25) is 4.79 Å². The third kappa shape index (κ3) is 2.96. The number of aliphatic hydroxyl groups is 1. The first-order chi connectivity index (χ1) is 6.79. The number of nitrogens with one attached hydrogen (secondary N) is 1. The summed E-state index contributed by atoms with van der Waals surface area (Å²) in [7, 11) is 0. The molecular formula is C10H20N2O2. The standard InChI is InChI=1S/C10H20N2O2/c1-2-5-11-7-10(14)12-6-3-4-9(12)8-13/h9,11,13H,2-8H2,1H3. The Bertz CT molecular complexity index is 185. The molecule has 0 aliphatic carbocycles. The van der Waals surface area contributed by atoms with E-state index in [9.17, 15) is 4.79 Å². The predicted octanol–water partition coefficient (Wildman–Crippen LogP) is -0.0307. The first-order valence-electron chi connectivity index (χ1n) is 5.40. The van der Waals surface area contributed by atoms with Crippen molar-refractivity contribution in [2.24, 2.45) is 0 Å². The van der Waals surface area contributed by atoms with E-state index in [1.165, 1.54) is 0 Å². The summed E-state index contributed by atoms with van der Waals surface area (Å²) in [5.41, 5.74) is 0. The quantitative estimate of drug-likeness (QED) is 0.613. The highest BCUT2D eigenvalue weighted by atomic mass is 16.3. The summed E-state index contributed by atoms with van der Waals surface area (Å²) in [6.07, 6.45) is 3.00. The molecule has 1 rings (SSSR count). The molecule has 1 saturated heterocycles. The number of nitrogens with zero attached hydrogens (tertiary/aromatic N) is 1. The zero-order chi connectivity index (χ0) is 10.4. The first-order valence-corrected chi connectivity index (χ1v) is 5.40. The van der Waals surface area contributed by atoms with Crippen LogP contribution < -0.4 is 5.32 Å². The zero-order valence-electron chi connectivity index (χ0n) is 8.83. The minimum atomic E-state index is 0.0610. The SMILES string of the molecule is CCCNCC(=O)N1CCCC1CO. The van der Waals surface area contributed by atoms with Gasteiger partial charge in [0.2, 0.25) is 5.91 Å². The lowest BCUT2D eigenvalue weighted by molar-refractivity contribution is -0.131. The highest BCUT2D eigenvalue weighted by molar-refractivity contribution is 5.78. The molecule has 0 aromatic rings. The van der Waals surface area contributed by atoms with Gasteiger partial charge in [-0.25, -0.2) is 0 Å². The number of hydrogen-bond acceptors (Lipinski definition) is 3. The Morgan fingerprint density at radius 1 is 1.64 bits per heavy atom. The van der Waals surface area contributed by atoms with Crippen LogP contribution in [-0.4, -0.2) is 48.2 Å². The van der Waals surface area contributed by atoms with E-state index in [0.717, 1.165) is 32.4 Å². The minimum Gasteiger partial charge on any atom is -0.394 e. The maximum absolute atomic E-state index is 11.6. The lowest BCUT2D eigenvalue weighted by atomic mass is 10.2. The van der Waals surface area contributed by atoms with Crippen LogP contribution in [0.3, 0.4) is 0 Å². The van der Waals surface area contributed by atoms with Crippen molar-refractivity contribution in [1.82, 2.24) is 10.2 Å². The molecule has 0 saturated carbocycles. The van der Waals surface area contributed by atoms with Crippen LogP contribution in [0.2, 0.25) is 0 Å². The summed E-state index contributed by atoms with van der Waals surface area (Å²) >= 11 is 0. The van der Waals surface area contributed by atoms with Crippen LogP contribution in [-0.2, 0) is 4.79 Å². The number of rotatable bonds is 5. The maximum Gasteiger partial charge on any atom is 0.236 e. The fourth-order valence-electron chi connectivity index (χ4n) is 1.83. The Kier molecular flexibility index (Phi) is 4.90. The molecule has 1 fully saturated rings. The molecule has 0 aromatic heterocycles. The van der Waals surface area contributed by atoms with E-state index >= 15 is 0 Å². The van der Waals surface area contributed by atoms with E-state index in [1.807, 2.05) is 0 Å². The first kappa shape index (κ1) is 11.5. The summed E-state index contributed by atoms with van der Waals surface area (Å²) in [5, 5.41) is 12.1. The van der Waals surface area contributed by atoms with Crippen LogP contribution in [0.1, 0.15) is 26.2 Å². The summed E-state index contributed by atoms with van der Waals surface area (Å²) in [5.74, 6) is 0.120. The molecule has 14 heavy (non-hydrogen) atoms. The van der Waals surface area contributed by atoms with Crippen molar-refractivity contribution in [1.29, 1.82) is 0 Å². The van der Waals surface area contributed by atoms with Gasteiger partial charge in [0.25, 0.3) is 0 Å². The molecule has 4 nitrogen and oxygen atoms in total. The van der Waals surface area contributed by atoms with Crippen LogP contribution in [0, 0.1) is 0 Å². The van der Waals surface area contributed by atoms with E-state index in [-0.39, 0.29) is 18.6 Å². The molecule has 1 heterocycles. The Balaban J connectivity index is 2.28. The highest BCUT2D eigenvalue weighted by Crippen LogP contribution is 2.16. The van der Waals surface area contributed by atoms with Gasteiger partial charge in [-0.15, -0.1) is 0 Å². The molecule has 0 spiro atoms. The largest absolute Gasteiger partial charge is 0.394 e. The predicted molar refractivity (Wildman–Crippen MR) is 55.0 cm³/mol. The van der Waals surface area contributed by atoms with Crippen molar-refractivity contribution in [3.63, 3.8) is 0 Å². The molecule has 1 aliphatic rings. The van der Waals surface area contributed by atoms with E-state index in [4.69, 9.17) is 5.11 Å². The van der Waals surface area contributed by atoms with Gasteiger partial charge in [0.05, 0.1) is 19.2 Å². The monoisotopic (exact) mass is 200 g/mol. The Morgan fingerprint density at radius 3 is 3.07 bits per heavy atom. The van der Waals surface area contributed by atoms with Crippen molar-refractivity contribution in [2.75, 3.05) is 26.2 Å². The molecule has 0 radical (unpaired) electrons. The second-order valence-electron chi connectivity index (χ2n) is 3.74. The van der Waals surface area contributed by atoms with Crippen LogP contribution in [0.4, 0.5) is 0 Å². The van der Waals surface area contributed by atoms with Gasteiger partial charge in [0.1, 0.15) is 0 Å². The van der Waals surface area contributed by atoms with Gasteiger partial charge in [0, 0.05) is 6.54 Å². The van der Waals surface area contributed by atoms with Gasteiger partial charge < -0.3 is 15.3 Å². The van der Waals surface area contributed by atoms with Crippen LogP contribution in [0.5, 0.6) is 0 Å². The summed E-state index contributed by atoms with van der Waals surface area (Å²) in [6, 6.07) is 0.0610. The minimum absolute atomic E-state index is 0.0610. The fraction of sp³-hybridized carbons (Fsp3) is 0.900. The Labute approximate surface area is 85.3 Å². The topological polar surface area (TPSA) is 52.6 Å². The molecular weight excluding hydrogens is 180 g/mol. The molecule has 1 aliphatic heterocycles. The Hall–Kier alpha value is -0.610. The molecule has 1 atom stereocenters. The summed E-state index contributed by atoms with van der Waals surface area (Å²) in [4.78, 5) is 13.4. The molecule has 82 valence electrons. The highest BCUT2D eigenvalue weighted by Gasteiger charge is 2.27. The smallest absolute Gasteiger partial charge is 0.236 e. The second-order valence-corrected chi connectivity index (χ2v) is 3.74. The molecule has 4 heteroatoms. The average molecular weight is 200 g/mol. The molecule has 1 amide bonds. The maximum atomic E-state index is 11.6. The van der Waals surface area contributed by atoms with Gasteiger partial charge in [0.15, 0.2) is 0 Å². The van der Waals surface area contributed by atoms with Gasteiger partial charge in [-0.1, -0.05) is 6.92 Å². The van der Waals surface area contributed by atoms with Crippen molar-refractivity contribution in [3.05, 3.63) is 0 Å². The second kappa shape index (κ2) is 5.98. The lowest BCUT2D eigenvalue weighted by Crippen LogP contribution is -2.42. The van der Waals surface area contributed by atoms with Crippen LogP contribution >= 0.6 is 0 Å². The Morgan fingerprint density at radius 2 is 2.43 bits per heavy atom. The number of aliphatic hydroxyl groups excluding tert-OH is 1. The normalized spacial score (nSPS) is 21.6. The van der Waals surface area contributed by atoms with Crippen molar-refractivity contribution < 1.29 is 9.90 Å². The van der Waals surface area contributed by atoms with Gasteiger partial charge in [-0.2, -0.15) is 0 Å². The zero-order valence-corrected chi connectivity index (χ0v) is 8.83. The number of amides is 1. The average Bonchev–Trinajstić information content (AvgIpc) is 2.65. The van der Waals surface area contributed by atoms with E-state index in [0.29, 0.717) is 6.54 Å². The van der Waals surface area contributed by atoms with Gasteiger partial charge >= 0.3 is 0 Å². The summed E-state index contributed by atoms with van der Waals surface area (Å²) in [6.45, 7) is 4.26. The van der Waals surface area contributed by atoms with Crippen molar-refractivity contribution in [3.8, 4) is 0 Å². The summed E-state index contributed by atoms with van der Waals surface area (Å²) < 4.78 is 0. The molecule has 0 aromatic carbocycles. The van der Waals surface area contributed by atoms with Crippen LogP contribution in [0.25, 0.3) is 0 Å². The third-order valence-corrected chi connectivity index (χ3v) is 2.61. The molecule has 0 bridgehead atoms. The number of carbonyl (C=O) groups is 1. The fourth-order valence-corrected chi connectivity index (χ4v) is 1.83. The number of likely N-dealkylation sites (tertiary alicyclic amines) is 1. The number of hydrogen-bond donors (Lipinski definition) is 2. The molecule has 2 N–H and O–H groups in total. The van der Waals surface area contributed by atoms with E-state index in [2.05, 4.69) is 12.2 Å². The van der Waals surface area contributed by atoms with E-state index in [1.54, 1.807) is 4.90 Å². The van der Waals surface area contributed by atoms with E-state index < -0.39 is 0 Å². The van der Waals surface area contributed by atoms with Gasteiger partial charge in [-0.05, 0) is 25.8 Å². The van der Waals surface area contributed by atoms with Crippen molar-refractivity contribution in [2.45, 2.75) is 32.2 Å². The molecule has 1 unspecified atom stereocenters. The van der Waals surface area contributed by atoms with Crippen molar-refractivity contribution >= 4 is 5.91 Å². The van der Waals surface area contributed by atoms with Crippen LogP contribution in [0.15, 0.2) is 0 Å². The third-order valence-electron chi connectivity index (χ3n) is 2.61.